The van der Waals surface area contributed by atoms with Crippen LogP contribution in [0.5, 0.6) is 0 Å². The van der Waals surface area contributed by atoms with Crippen LogP contribution < -0.4 is 5.73 Å². The minimum absolute atomic E-state index is 0.186. The Kier molecular flexibility index (Phi) is 3.70. The third-order valence-corrected chi connectivity index (χ3v) is 4.06. The molecule has 2 heterocycles. The Morgan fingerprint density at radius 3 is 2.60 bits per heavy atom. The molecule has 0 aliphatic carbocycles. The van der Waals surface area contributed by atoms with Crippen LogP contribution in [0.15, 0.2) is 53.1 Å². The van der Waals surface area contributed by atoms with Crippen molar-refractivity contribution in [2.75, 3.05) is 5.73 Å². The van der Waals surface area contributed by atoms with E-state index in [2.05, 4.69) is 20.5 Å². The van der Waals surface area contributed by atoms with Crippen LogP contribution in [0.3, 0.4) is 0 Å². The molecule has 2 aromatic carbocycles. The molecule has 0 fully saturated rings. The van der Waals surface area contributed by atoms with Gasteiger partial charge in [-0.25, -0.2) is 0 Å². The smallest absolute Gasteiger partial charge is 0.282 e. The fourth-order valence-electron chi connectivity index (χ4n) is 2.39. The monoisotopic (exact) mass is 352 g/mol. The zero-order chi connectivity index (χ0) is 17.4. The minimum atomic E-state index is 0.186. The maximum absolute atomic E-state index is 6.17. The highest BCUT2D eigenvalue weighted by Gasteiger charge is 2.20. The number of halogens is 1. The van der Waals surface area contributed by atoms with Gasteiger partial charge in [-0.05, 0) is 31.2 Å². The van der Waals surface area contributed by atoms with E-state index in [9.17, 15) is 0 Å². The maximum Gasteiger partial charge on any atom is 0.282 e. The van der Waals surface area contributed by atoms with Crippen LogP contribution in [-0.2, 0) is 0 Å². The first-order chi connectivity index (χ1) is 12.1. The maximum atomic E-state index is 6.17. The average Bonchev–Trinajstić information content (AvgIpc) is 3.23. The first kappa shape index (κ1) is 15.3. The van der Waals surface area contributed by atoms with Crippen LogP contribution in [0.4, 0.5) is 5.82 Å². The van der Waals surface area contributed by atoms with E-state index < -0.39 is 0 Å². The molecular weight excluding hydrogens is 340 g/mol. The van der Waals surface area contributed by atoms with Gasteiger partial charge in [0.25, 0.3) is 5.89 Å². The SMILES string of the molecule is Cc1ccc(-n2nnc(-c3nc(-c4ccccc4Cl)no3)c2N)cc1. The molecule has 0 aliphatic heterocycles. The second-order valence-electron chi connectivity index (χ2n) is 5.47. The number of nitrogen functional groups attached to an aromatic ring is 1. The molecule has 2 N–H and O–H groups in total. The number of aromatic nitrogens is 5. The highest BCUT2D eigenvalue weighted by atomic mass is 35.5. The van der Waals surface area contributed by atoms with E-state index in [1.165, 1.54) is 4.68 Å². The lowest BCUT2D eigenvalue weighted by Crippen LogP contribution is -2.02. The van der Waals surface area contributed by atoms with E-state index >= 15 is 0 Å². The van der Waals surface area contributed by atoms with E-state index in [0.717, 1.165) is 11.3 Å². The van der Waals surface area contributed by atoms with Gasteiger partial charge in [-0.3, -0.25) is 0 Å². The van der Waals surface area contributed by atoms with Gasteiger partial charge in [0.2, 0.25) is 5.82 Å². The normalized spacial score (nSPS) is 11.0. The van der Waals surface area contributed by atoms with E-state index in [-0.39, 0.29) is 5.89 Å². The number of hydrogen-bond donors (Lipinski definition) is 1. The van der Waals surface area contributed by atoms with Crippen molar-refractivity contribution in [3.05, 3.63) is 59.1 Å². The fraction of sp³-hybridized carbons (Fsp3) is 0.0588. The third kappa shape index (κ3) is 2.74. The van der Waals surface area contributed by atoms with Crippen LogP contribution in [-0.4, -0.2) is 25.1 Å². The zero-order valence-corrected chi connectivity index (χ0v) is 14.0. The Hall–Kier alpha value is -3.19. The minimum Gasteiger partial charge on any atom is -0.382 e. The molecule has 0 saturated heterocycles. The summed E-state index contributed by atoms with van der Waals surface area (Å²) in [5.41, 5.74) is 9.10. The van der Waals surface area contributed by atoms with Gasteiger partial charge in [0, 0.05) is 5.56 Å². The summed E-state index contributed by atoms with van der Waals surface area (Å²) in [6, 6.07) is 15.0. The summed E-state index contributed by atoms with van der Waals surface area (Å²) in [6.45, 7) is 2.01. The van der Waals surface area contributed by atoms with Crippen molar-refractivity contribution >= 4 is 17.4 Å². The lowest BCUT2D eigenvalue weighted by atomic mass is 10.2. The Labute approximate surface area is 148 Å². The topological polar surface area (TPSA) is 95.6 Å². The fourth-order valence-corrected chi connectivity index (χ4v) is 2.61. The Morgan fingerprint density at radius 1 is 1.08 bits per heavy atom. The van der Waals surface area contributed by atoms with Crippen LogP contribution in [0.1, 0.15) is 5.56 Å². The van der Waals surface area contributed by atoms with Gasteiger partial charge in [-0.15, -0.1) is 5.10 Å². The van der Waals surface area contributed by atoms with Crippen LogP contribution >= 0.6 is 11.6 Å². The molecule has 8 heteroatoms. The Morgan fingerprint density at radius 2 is 1.84 bits per heavy atom. The molecule has 7 nitrogen and oxygen atoms in total. The van der Waals surface area contributed by atoms with Gasteiger partial charge in [0.1, 0.15) is 0 Å². The summed E-state index contributed by atoms with van der Waals surface area (Å²) in [6.07, 6.45) is 0. The van der Waals surface area contributed by atoms with Crippen LogP contribution in [0.25, 0.3) is 28.7 Å². The van der Waals surface area contributed by atoms with Gasteiger partial charge in [0.15, 0.2) is 11.5 Å². The van der Waals surface area contributed by atoms with Crippen molar-refractivity contribution in [2.45, 2.75) is 6.92 Å². The van der Waals surface area contributed by atoms with Gasteiger partial charge in [0.05, 0.1) is 10.7 Å². The quantitative estimate of drug-likeness (QED) is 0.606. The number of hydrogen-bond acceptors (Lipinski definition) is 6. The van der Waals surface area contributed by atoms with Gasteiger partial charge in [-0.2, -0.15) is 9.67 Å². The lowest BCUT2D eigenvalue weighted by molar-refractivity contribution is 0.431. The highest BCUT2D eigenvalue weighted by molar-refractivity contribution is 6.33. The predicted molar refractivity (Wildman–Crippen MR) is 94.2 cm³/mol. The summed E-state index contributed by atoms with van der Waals surface area (Å²) >= 11 is 6.16. The standard InChI is InChI=1S/C17H13ClN6O/c1-10-6-8-11(9-7-10)24-15(19)14(21-23-24)17-20-16(22-25-17)12-4-2-3-5-13(12)18/h2-9H,19H2,1H3. The summed E-state index contributed by atoms with van der Waals surface area (Å²) in [5, 5.41) is 12.6. The number of nitrogens with two attached hydrogens (primary N) is 1. The summed E-state index contributed by atoms with van der Waals surface area (Å²) in [5.74, 6) is 0.869. The molecule has 0 saturated carbocycles. The Balaban J connectivity index is 1.72. The van der Waals surface area contributed by atoms with Crippen molar-refractivity contribution in [3.8, 4) is 28.7 Å². The van der Waals surface area contributed by atoms with Crippen molar-refractivity contribution in [2.24, 2.45) is 0 Å². The lowest BCUT2D eigenvalue weighted by Gasteiger charge is -2.02. The molecule has 4 rings (SSSR count). The molecule has 0 atom stereocenters. The molecule has 0 amide bonds. The van der Waals surface area contributed by atoms with Crippen molar-refractivity contribution in [1.29, 1.82) is 0 Å². The summed E-state index contributed by atoms with van der Waals surface area (Å²) in [4.78, 5) is 4.34. The van der Waals surface area contributed by atoms with Crippen LogP contribution in [0, 0.1) is 6.92 Å². The molecule has 4 aromatic rings. The summed E-state index contributed by atoms with van der Waals surface area (Å²) in [7, 11) is 0. The van der Waals surface area contributed by atoms with Gasteiger partial charge < -0.3 is 10.3 Å². The van der Waals surface area contributed by atoms with Gasteiger partial charge in [-0.1, -0.05) is 51.8 Å². The molecule has 0 bridgehead atoms. The molecule has 0 unspecified atom stereocenters. The van der Waals surface area contributed by atoms with E-state index in [1.54, 1.807) is 6.07 Å². The highest BCUT2D eigenvalue weighted by Crippen LogP contribution is 2.29. The van der Waals surface area contributed by atoms with E-state index in [0.29, 0.717) is 27.9 Å². The number of benzene rings is 2. The first-order valence-corrected chi connectivity index (χ1v) is 7.88. The molecule has 0 radical (unpaired) electrons. The van der Waals surface area contributed by atoms with E-state index in [4.69, 9.17) is 21.9 Å². The molecule has 0 aliphatic rings. The second kappa shape index (κ2) is 6.03. The molecule has 2 aromatic heterocycles. The number of aryl methyl sites for hydroxylation is 1. The number of nitrogens with zero attached hydrogens (tertiary/aromatic N) is 5. The third-order valence-electron chi connectivity index (χ3n) is 3.73. The molecule has 0 spiro atoms. The summed E-state index contributed by atoms with van der Waals surface area (Å²) < 4.78 is 6.82. The number of rotatable bonds is 3. The average molecular weight is 353 g/mol. The Bertz CT molecular complexity index is 1040. The van der Waals surface area contributed by atoms with Crippen molar-refractivity contribution in [3.63, 3.8) is 0 Å². The van der Waals surface area contributed by atoms with Gasteiger partial charge >= 0.3 is 0 Å². The molecule has 25 heavy (non-hydrogen) atoms. The second-order valence-corrected chi connectivity index (χ2v) is 5.88. The van der Waals surface area contributed by atoms with Crippen LogP contribution in [0.2, 0.25) is 5.02 Å². The number of anilines is 1. The largest absolute Gasteiger partial charge is 0.382 e. The predicted octanol–water partition coefficient (Wildman–Crippen LogP) is 3.53. The molecular formula is C17H13ClN6O. The van der Waals surface area contributed by atoms with Crippen molar-refractivity contribution < 1.29 is 4.52 Å². The van der Waals surface area contributed by atoms with E-state index in [1.807, 2.05) is 49.4 Å². The first-order valence-electron chi connectivity index (χ1n) is 7.50. The van der Waals surface area contributed by atoms with Crippen molar-refractivity contribution in [1.82, 2.24) is 25.1 Å². The molecule has 124 valence electrons. The zero-order valence-electron chi connectivity index (χ0n) is 13.2.